The molecule has 0 amide bonds. The molecule has 1 aliphatic carbocycles. The minimum atomic E-state index is 0.167. The van der Waals surface area contributed by atoms with E-state index < -0.39 is 0 Å². The van der Waals surface area contributed by atoms with Crippen LogP contribution in [0.15, 0.2) is 22.7 Å². The van der Waals surface area contributed by atoms with Gasteiger partial charge in [-0.25, -0.2) is 0 Å². The van der Waals surface area contributed by atoms with Crippen molar-refractivity contribution >= 4 is 17.9 Å². The van der Waals surface area contributed by atoms with Crippen molar-refractivity contribution in [3.63, 3.8) is 0 Å². The Morgan fingerprint density at radius 2 is 2.32 bits per heavy atom. The largest absolute Gasteiger partial charge is 0.482 e. The molecule has 19 heavy (non-hydrogen) atoms. The van der Waals surface area contributed by atoms with Crippen molar-refractivity contribution in [3.8, 4) is 5.75 Å². The van der Waals surface area contributed by atoms with Gasteiger partial charge in [-0.1, -0.05) is 16.8 Å². The summed E-state index contributed by atoms with van der Waals surface area (Å²) in [4.78, 5) is 14.8. The first-order chi connectivity index (χ1) is 9.26. The van der Waals surface area contributed by atoms with Gasteiger partial charge in [-0.15, -0.1) is 0 Å². The first-order valence-electron chi connectivity index (χ1n) is 5.96. The lowest BCUT2D eigenvalue weighted by molar-refractivity contribution is 0.112. The lowest BCUT2D eigenvalue weighted by Gasteiger charge is -2.05. The molecule has 0 aliphatic heterocycles. The SMILES string of the molecule is O=Cc1ccc(OCc2nc(C3CC3)no2)c(Cl)c1. The van der Waals surface area contributed by atoms with Crippen LogP contribution in [-0.4, -0.2) is 16.4 Å². The van der Waals surface area contributed by atoms with Gasteiger partial charge in [0, 0.05) is 11.5 Å². The van der Waals surface area contributed by atoms with E-state index in [1.807, 2.05) is 0 Å². The lowest BCUT2D eigenvalue weighted by atomic mass is 10.2. The molecule has 0 atom stereocenters. The maximum absolute atomic E-state index is 10.6. The van der Waals surface area contributed by atoms with Gasteiger partial charge in [-0.3, -0.25) is 4.79 Å². The summed E-state index contributed by atoms with van der Waals surface area (Å²) in [6, 6.07) is 4.83. The molecule has 0 bridgehead atoms. The first-order valence-corrected chi connectivity index (χ1v) is 6.34. The van der Waals surface area contributed by atoms with Gasteiger partial charge in [0.1, 0.15) is 12.0 Å². The summed E-state index contributed by atoms with van der Waals surface area (Å²) in [5, 5.41) is 4.28. The van der Waals surface area contributed by atoms with Crippen LogP contribution in [0.3, 0.4) is 0 Å². The van der Waals surface area contributed by atoms with Crippen LogP contribution in [0.1, 0.15) is 40.8 Å². The van der Waals surface area contributed by atoms with Gasteiger partial charge >= 0.3 is 0 Å². The Balaban J connectivity index is 1.65. The molecule has 0 saturated heterocycles. The second-order valence-corrected chi connectivity index (χ2v) is 4.82. The van der Waals surface area contributed by atoms with E-state index in [1.165, 1.54) is 0 Å². The van der Waals surface area contributed by atoms with E-state index in [0.717, 1.165) is 25.0 Å². The summed E-state index contributed by atoms with van der Waals surface area (Å²) in [5.74, 6) is 2.12. The van der Waals surface area contributed by atoms with Crippen molar-refractivity contribution in [2.75, 3.05) is 0 Å². The monoisotopic (exact) mass is 278 g/mol. The van der Waals surface area contributed by atoms with Gasteiger partial charge in [-0.05, 0) is 31.0 Å². The summed E-state index contributed by atoms with van der Waals surface area (Å²) in [6.07, 6.45) is 2.98. The van der Waals surface area contributed by atoms with Crippen molar-refractivity contribution in [1.29, 1.82) is 0 Å². The molecule has 1 fully saturated rings. The minimum absolute atomic E-state index is 0.167. The summed E-state index contributed by atoms with van der Waals surface area (Å²) >= 11 is 5.99. The Hall–Kier alpha value is -1.88. The highest BCUT2D eigenvalue weighted by atomic mass is 35.5. The van der Waals surface area contributed by atoms with Crippen molar-refractivity contribution in [1.82, 2.24) is 10.1 Å². The number of benzene rings is 1. The van der Waals surface area contributed by atoms with Gasteiger partial charge in [0.2, 0.25) is 0 Å². The van der Waals surface area contributed by atoms with E-state index in [9.17, 15) is 4.79 Å². The molecule has 0 unspecified atom stereocenters. The van der Waals surface area contributed by atoms with Crippen LogP contribution in [0.5, 0.6) is 5.75 Å². The minimum Gasteiger partial charge on any atom is -0.482 e. The van der Waals surface area contributed by atoms with E-state index in [-0.39, 0.29) is 6.61 Å². The van der Waals surface area contributed by atoms with Crippen LogP contribution in [-0.2, 0) is 6.61 Å². The van der Waals surface area contributed by atoms with Gasteiger partial charge in [0.15, 0.2) is 12.4 Å². The molecular weight excluding hydrogens is 268 g/mol. The molecule has 5 nitrogen and oxygen atoms in total. The maximum atomic E-state index is 10.6. The smallest absolute Gasteiger partial charge is 0.264 e. The van der Waals surface area contributed by atoms with E-state index >= 15 is 0 Å². The summed E-state index contributed by atoms with van der Waals surface area (Å²) in [7, 11) is 0. The molecule has 1 aromatic heterocycles. The molecular formula is C13H11ClN2O3. The highest BCUT2D eigenvalue weighted by molar-refractivity contribution is 6.32. The van der Waals surface area contributed by atoms with Gasteiger partial charge in [0.05, 0.1) is 5.02 Å². The molecule has 1 saturated carbocycles. The van der Waals surface area contributed by atoms with Crippen molar-refractivity contribution in [3.05, 3.63) is 40.5 Å². The number of hydrogen-bond acceptors (Lipinski definition) is 5. The van der Waals surface area contributed by atoms with E-state index in [4.69, 9.17) is 20.9 Å². The molecule has 1 aliphatic rings. The van der Waals surface area contributed by atoms with Crippen LogP contribution >= 0.6 is 11.6 Å². The molecule has 0 radical (unpaired) electrons. The quantitative estimate of drug-likeness (QED) is 0.787. The third-order valence-electron chi connectivity index (χ3n) is 2.87. The van der Waals surface area contributed by atoms with Crippen molar-refractivity contribution in [2.24, 2.45) is 0 Å². The molecule has 0 spiro atoms. The van der Waals surface area contributed by atoms with E-state index in [1.54, 1.807) is 18.2 Å². The zero-order chi connectivity index (χ0) is 13.2. The van der Waals surface area contributed by atoms with Gasteiger partial charge < -0.3 is 9.26 Å². The maximum Gasteiger partial charge on any atom is 0.264 e. The van der Waals surface area contributed by atoms with E-state index in [2.05, 4.69) is 10.1 Å². The highest BCUT2D eigenvalue weighted by Crippen LogP contribution is 2.38. The first kappa shape index (κ1) is 12.2. The number of halogens is 1. The fourth-order valence-electron chi connectivity index (χ4n) is 1.68. The predicted octanol–water partition coefficient (Wildman–Crippen LogP) is 2.99. The fraction of sp³-hybridized carbons (Fsp3) is 0.308. The van der Waals surface area contributed by atoms with Gasteiger partial charge in [-0.2, -0.15) is 4.98 Å². The Morgan fingerprint density at radius 1 is 1.47 bits per heavy atom. The lowest BCUT2D eigenvalue weighted by Crippen LogP contribution is -1.97. The summed E-state index contributed by atoms with van der Waals surface area (Å²) in [5.41, 5.74) is 0.506. The topological polar surface area (TPSA) is 65.2 Å². The van der Waals surface area contributed by atoms with Crippen LogP contribution < -0.4 is 4.74 Å². The molecule has 3 rings (SSSR count). The fourth-order valence-corrected chi connectivity index (χ4v) is 1.92. The van der Waals surface area contributed by atoms with Crippen LogP contribution in [0.25, 0.3) is 0 Å². The Kier molecular flexibility index (Phi) is 3.21. The number of nitrogens with zero attached hydrogens (tertiary/aromatic N) is 2. The summed E-state index contributed by atoms with van der Waals surface area (Å²) < 4.78 is 10.6. The molecule has 2 aromatic rings. The zero-order valence-corrected chi connectivity index (χ0v) is 10.8. The van der Waals surface area contributed by atoms with E-state index in [0.29, 0.717) is 28.1 Å². The second-order valence-electron chi connectivity index (χ2n) is 4.42. The average Bonchev–Trinajstić information content (AvgIpc) is 3.17. The number of carbonyl (C=O) groups excluding carboxylic acids is 1. The molecule has 1 heterocycles. The predicted molar refractivity (Wildman–Crippen MR) is 67.4 cm³/mol. The molecule has 6 heteroatoms. The summed E-state index contributed by atoms with van der Waals surface area (Å²) in [6.45, 7) is 0.167. The molecule has 1 aromatic carbocycles. The Morgan fingerprint density at radius 3 is 3.00 bits per heavy atom. The van der Waals surface area contributed by atoms with Crippen LogP contribution in [0.2, 0.25) is 5.02 Å². The Bertz CT molecular complexity index is 608. The average molecular weight is 279 g/mol. The zero-order valence-electron chi connectivity index (χ0n) is 10.0. The number of hydrogen-bond donors (Lipinski definition) is 0. The normalized spacial score (nSPS) is 14.4. The number of aromatic nitrogens is 2. The van der Waals surface area contributed by atoms with Crippen LogP contribution in [0.4, 0.5) is 0 Å². The van der Waals surface area contributed by atoms with Crippen molar-refractivity contribution in [2.45, 2.75) is 25.4 Å². The molecule has 98 valence electrons. The van der Waals surface area contributed by atoms with Gasteiger partial charge in [0.25, 0.3) is 5.89 Å². The highest BCUT2D eigenvalue weighted by Gasteiger charge is 2.28. The Labute approximate surface area is 114 Å². The molecule has 0 N–H and O–H groups in total. The van der Waals surface area contributed by atoms with Crippen LogP contribution in [0, 0.1) is 0 Å². The number of aldehydes is 1. The number of ether oxygens (including phenoxy) is 1. The van der Waals surface area contributed by atoms with Crippen molar-refractivity contribution < 1.29 is 14.1 Å². The number of rotatable bonds is 5. The second kappa shape index (κ2) is 5.01. The number of carbonyl (C=O) groups is 1. The third-order valence-corrected chi connectivity index (χ3v) is 3.16. The standard InChI is InChI=1S/C13H11ClN2O3/c14-10-5-8(6-17)1-4-11(10)18-7-12-15-13(16-19-12)9-2-3-9/h1,4-6,9H,2-3,7H2. The third kappa shape index (κ3) is 2.76.